The van der Waals surface area contributed by atoms with Gasteiger partial charge in [-0.2, -0.15) is 5.10 Å². The summed E-state index contributed by atoms with van der Waals surface area (Å²) in [5.74, 6) is 0. The molecule has 4 heteroatoms. The zero-order chi connectivity index (χ0) is 9.42. The number of aromatic nitrogens is 2. The lowest BCUT2D eigenvalue weighted by Crippen LogP contribution is -2.21. The molecule has 2 unspecified atom stereocenters. The second-order valence-electron chi connectivity index (χ2n) is 3.62. The topological polar surface area (TPSA) is 21.1 Å². The highest BCUT2D eigenvalue weighted by molar-refractivity contribution is 4.99. The van der Waals surface area contributed by atoms with Gasteiger partial charge in [0.15, 0.2) is 0 Å². The predicted molar refractivity (Wildman–Crippen MR) is 47.2 cm³/mol. The van der Waals surface area contributed by atoms with Crippen molar-refractivity contribution in [3.8, 4) is 0 Å². The van der Waals surface area contributed by atoms with Gasteiger partial charge in [-0.25, -0.2) is 4.39 Å². The molecule has 13 heavy (non-hydrogen) atoms. The number of aryl methyl sites for hydroxylation is 1. The Morgan fingerprint density at radius 1 is 1.62 bits per heavy atom. The van der Waals surface area contributed by atoms with Crippen LogP contribution in [0.15, 0.2) is 6.20 Å². The molecular weight excluding hydrogens is 169 g/mol. The SMILES string of the molecule is Cc1[c]cnn1C1CN(C)CC1F. The van der Waals surface area contributed by atoms with E-state index >= 15 is 0 Å². The summed E-state index contributed by atoms with van der Waals surface area (Å²) in [6, 6.07) is 2.82. The molecule has 1 aromatic heterocycles. The average Bonchev–Trinajstić information content (AvgIpc) is 2.58. The molecule has 71 valence electrons. The van der Waals surface area contributed by atoms with Crippen LogP contribution in [-0.2, 0) is 0 Å². The minimum absolute atomic E-state index is 0.128. The minimum Gasteiger partial charge on any atom is -0.301 e. The van der Waals surface area contributed by atoms with Gasteiger partial charge in [-0.1, -0.05) is 0 Å². The van der Waals surface area contributed by atoms with Crippen LogP contribution in [-0.4, -0.2) is 41.0 Å². The monoisotopic (exact) mass is 182 g/mol. The van der Waals surface area contributed by atoms with E-state index in [1.165, 1.54) is 0 Å². The fourth-order valence-electron chi connectivity index (χ4n) is 1.83. The van der Waals surface area contributed by atoms with Crippen molar-refractivity contribution in [3.63, 3.8) is 0 Å². The van der Waals surface area contributed by atoms with Gasteiger partial charge in [-0.15, -0.1) is 0 Å². The van der Waals surface area contributed by atoms with E-state index in [-0.39, 0.29) is 6.04 Å². The first-order valence-electron chi connectivity index (χ1n) is 4.43. The molecule has 0 aliphatic carbocycles. The first-order valence-corrected chi connectivity index (χ1v) is 4.43. The highest BCUT2D eigenvalue weighted by Crippen LogP contribution is 2.23. The van der Waals surface area contributed by atoms with Gasteiger partial charge in [0.1, 0.15) is 6.17 Å². The summed E-state index contributed by atoms with van der Waals surface area (Å²) in [4.78, 5) is 1.98. The van der Waals surface area contributed by atoms with Gasteiger partial charge < -0.3 is 4.90 Å². The molecule has 1 aliphatic rings. The Balaban J connectivity index is 2.22. The summed E-state index contributed by atoms with van der Waals surface area (Å²) < 4.78 is 15.2. The van der Waals surface area contributed by atoms with E-state index in [0.717, 1.165) is 12.2 Å². The third kappa shape index (κ3) is 1.46. The van der Waals surface area contributed by atoms with E-state index in [4.69, 9.17) is 0 Å². The van der Waals surface area contributed by atoms with Crippen molar-refractivity contribution in [1.29, 1.82) is 0 Å². The van der Waals surface area contributed by atoms with E-state index in [9.17, 15) is 4.39 Å². The molecule has 0 N–H and O–H groups in total. The summed E-state index contributed by atoms with van der Waals surface area (Å²) >= 11 is 0. The maximum atomic E-state index is 13.5. The second-order valence-corrected chi connectivity index (χ2v) is 3.62. The molecule has 3 nitrogen and oxygen atoms in total. The summed E-state index contributed by atoms with van der Waals surface area (Å²) in [6.45, 7) is 3.14. The third-order valence-electron chi connectivity index (χ3n) is 2.52. The molecule has 1 radical (unpaired) electrons. The number of likely N-dealkylation sites (tertiary alicyclic amines) is 1. The van der Waals surface area contributed by atoms with Crippen LogP contribution >= 0.6 is 0 Å². The number of halogens is 1. The molecule has 1 aromatic rings. The Bertz CT molecular complexity index is 297. The molecular formula is C9H13FN3. The normalized spacial score (nSPS) is 29.8. The fraction of sp³-hybridized carbons (Fsp3) is 0.667. The third-order valence-corrected chi connectivity index (χ3v) is 2.52. The van der Waals surface area contributed by atoms with E-state index in [2.05, 4.69) is 11.2 Å². The number of likely N-dealkylation sites (N-methyl/N-ethyl adjacent to an activating group) is 1. The van der Waals surface area contributed by atoms with Gasteiger partial charge in [0.05, 0.1) is 12.2 Å². The van der Waals surface area contributed by atoms with Crippen molar-refractivity contribution in [1.82, 2.24) is 14.7 Å². The maximum Gasteiger partial charge on any atom is 0.136 e. The minimum atomic E-state index is -0.808. The molecule has 1 fully saturated rings. The van der Waals surface area contributed by atoms with Gasteiger partial charge in [0.25, 0.3) is 0 Å². The molecule has 1 saturated heterocycles. The van der Waals surface area contributed by atoms with Crippen LogP contribution in [0.1, 0.15) is 11.7 Å². The van der Waals surface area contributed by atoms with Crippen molar-refractivity contribution in [2.24, 2.45) is 0 Å². The van der Waals surface area contributed by atoms with Crippen LogP contribution < -0.4 is 0 Å². The Morgan fingerprint density at radius 3 is 2.85 bits per heavy atom. The van der Waals surface area contributed by atoms with Crippen molar-refractivity contribution in [2.75, 3.05) is 20.1 Å². The number of rotatable bonds is 1. The Hall–Kier alpha value is -0.900. The second kappa shape index (κ2) is 3.10. The Labute approximate surface area is 77.1 Å². The van der Waals surface area contributed by atoms with E-state index in [0.29, 0.717) is 6.54 Å². The molecule has 2 atom stereocenters. The van der Waals surface area contributed by atoms with Crippen molar-refractivity contribution < 1.29 is 4.39 Å². The fourth-order valence-corrected chi connectivity index (χ4v) is 1.83. The molecule has 0 spiro atoms. The van der Waals surface area contributed by atoms with Crippen molar-refractivity contribution in [2.45, 2.75) is 19.1 Å². The lowest BCUT2D eigenvalue weighted by atomic mass is 10.2. The average molecular weight is 182 g/mol. The van der Waals surface area contributed by atoms with Crippen LogP contribution in [0.2, 0.25) is 0 Å². The van der Waals surface area contributed by atoms with Crippen molar-refractivity contribution in [3.05, 3.63) is 18.0 Å². The zero-order valence-corrected chi connectivity index (χ0v) is 7.87. The van der Waals surface area contributed by atoms with E-state index < -0.39 is 6.17 Å². The van der Waals surface area contributed by atoms with Crippen LogP contribution in [0.5, 0.6) is 0 Å². The van der Waals surface area contributed by atoms with E-state index in [1.54, 1.807) is 10.9 Å². The first kappa shape index (κ1) is 8.69. The number of nitrogens with zero attached hydrogens (tertiary/aromatic N) is 3. The van der Waals surface area contributed by atoms with Gasteiger partial charge >= 0.3 is 0 Å². The van der Waals surface area contributed by atoms with Gasteiger partial charge in [-0.05, 0) is 14.0 Å². The van der Waals surface area contributed by atoms with Crippen molar-refractivity contribution >= 4 is 0 Å². The smallest absolute Gasteiger partial charge is 0.136 e. The summed E-state index contributed by atoms with van der Waals surface area (Å²) in [7, 11) is 1.93. The maximum absolute atomic E-state index is 13.5. The van der Waals surface area contributed by atoms with Gasteiger partial charge in [-0.3, -0.25) is 4.68 Å². The molecule has 0 amide bonds. The molecule has 1 aliphatic heterocycles. The van der Waals surface area contributed by atoms with Crippen LogP contribution in [0.3, 0.4) is 0 Å². The lowest BCUT2D eigenvalue weighted by molar-refractivity contribution is 0.265. The summed E-state index contributed by atoms with van der Waals surface area (Å²) in [5, 5.41) is 4.08. The molecule has 0 bridgehead atoms. The number of hydrogen-bond acceptors (Lipinski definition) is 2. The largest absolute Gasteiger partial charge is 0.301 e. The van der Waals surface area contributed by atoms with Gasteiger partial charge in [0.2, 0.25) is 0 Å². The zero-order valence-electron chi connectivity index (χ0n) is 7.87. The van der Waals surface area contributed by atoms with Crippen LogP contribution in [0.4, 0.5) is 4.39 Å². The lowest BCUT2D eigenvalue weighted by Gasteiger charge is -2.14. The predicted octanol–water partition coefficient (Wildman–Crippen LogP) is 0.816. The standard InChI is InChI=1S/C9H13FN3/c1-7-3-4-11-13(7)9-6-12(2)5-8(9)10/h4,8-9H,5-6H2,1-2H3. The molecule has 2 heterocycles. The number of hydrogen-bond donors (Lipinski definition) is 0. The summed E-state index contributed by atoms with van der Waals surface area (Å²) in [6.07, 6.45) is 0.789. The van der Waals surface area contributed by atoms with E-state index in [1.807, 2.05) is 18.9 Å². The Kier molecular flexibility index (Phi) is 2.07. The molecule has 2 rings (SSSR count). The quantitative estimate of drug-likeness (QED) is 0.641. The first-order chi connectivity index (χ1) is 6.18. The number of alkyl halides is 1. The Morgan fingerprint density at radius 2 is 2.38 bits per heavy atom. The summed E-state index contributed by atoms with van der Waals surface area (Å²) in [5.41, 5.74) is 0.906. The molecule has 0 aromatic carbocycles. The highest BCUT2D eigenvalue weighted by Gasteiger charge is 2.33. The highest BCUT2D eigenvalue weighted by atomic mass is 19.1. The molecule has 0 saturated carbocycles. The van der Waals surface area contributed by atoms with Gasteiger partial charge in [0, 0.05) is 24.8 Å². The van der Waals surface area contributed by atoms with Crippen LogP contribution in [0.25, 0.3) is 0 Å². The van der Waals surface area contributed by atoms with Crippen LogP contribution in [0, 0.1) is 13.0 Å².